The molecule has 0 radical (unpaired) electrons. The monoisotopic (exact) mass is 388 g/mol. The van der Waals surface area contributed by atoms with Crippen molar-refractivity contribution in [3.05, 3.63) is 53.9 Å². The van der Waals surface area contributed by atoms with Crippen LogP contribution in [0.2, 0.25) is 0 Å². The number of carbonyl (C=O) groups excluding carboxylic acids is 1. The summed E-state index contributed by atoms with van der Waals surface area (Å²) >= 11 is 5.20. The Labute approximate surface area is 164 Å². The van der Waals surface area contributed by atoms with Gasteiger partial charge in [0.05, 0.1) is 12.7 Å². The molecular formula is C18H24N6O2S. The second kappa shape index (κ2) is 11.0. The maximum atomic E-state index is 12.0. The van der Waals surface area contributed by atoms with Crippen LogP contribution in [-0.2, 0) is 16.1 Å². The number of benzene rings is 1. The largest absolute Gasteiger partial charge is 0.385 e. The molecule has 1 aromatic heterocycles. The minimum Gasteiger partial charge on any atom is -0.385 e. The number of thiocarbonyl (C=S) groups is 1. The van der Waals surface area contributed by atoms with E-state index in [1.165, 1.54) is 11.1 Å². The summed E-state index contributed by atoms with van der Waals surface area (Å²) in [4.78, 5) is 12.0. The fourth-order valence-corrected chi connectivity index (χ4v) is 2.33. The van der Waals surface area contributed by atoms with Gasteiger partial charge in [0.15, 0.2) is 5.11 Å². The number of nitrogens with one attached hydrogen (secondary N) is 2. The highest BCUT2D eigenvalue weighted by atomic mass is 32.1. The van der Waals surface area contributed by atoms with E-state index >= 15 is 0 Å². The van der Waals surface area contributed by atoms with Gasteiger partial charge in [0.1, 0.15) is 5.69 Å². The van der Waals surface area contributed by atoms with E-state index in [1.807, 2.05) is 30.3 Å². The summed E-state index contributed by atoms with van der Waals surface area (Å²) in [5.74, 6) is -0.309. The summed E-state index contributed by atoms with van der Waals surface area (Å²) < 4.78 is 6.69. The molecule has 2 rings (SSSR count). The van der Waals surface area contributed by atoms with Crippen LogP contribution in [0.15, 0.2) is 42.6 Å². The number of rotatable bonds is 8. The van der Waals surface area contributed by atoms with Crippen molar-refractivity contribution in [3.63, 3.8) is 0 Å². The third kappa shape index (κ3) is 7.55. The van der Waals surface area contributed by atoms with Gasteiger partial charge in [0, 0.05) is 33.4 Å². The fraction of sp³-hybridized carbons (Fsp3) is 0.333. The molecule has 0 aliphatic heterocycles. The first kappa shape index (κ1) is 20.5. The maximum absolute atomic E-state index is 12.0. The second-order valence-corrected chi connectivity index (χ2v) is 6.16. The molecule has 0 unspecified atom stereocenters. The lowest BCUT2D eigenvalue weighted by atomic mass is 10.2. The van der Waals surface area contributed by atoms with Crippen molar-refractivity contribution in [1.82, 2.24) is 30.7 Å². The summed E-state index contributed by atoms with van der Waals surface area (Å²) in [5, 5.41) is 13.0. The van der Waals surface area contributed by atoms with Gasteiger partial charge in [-0.15, -0.1) is 5.10 Å². The van der Waals surface area contributed by atoms with Crippen molar-refractivity contribution in [2.24, 2.45) is 0 Å². The van der Waals surface area contributed by atoms with Gasteiger partial charge >= 0.3 is 0 Å². The van der Waals surface area contributed by atoms with Crippen molar-refractivity contribution >= 4 is 29.3 Å². The van der Waals surface area contributed by atoms with Gasteiger partial charge in [-0.25, -0.2) is 4.68 Å². The molecule has 1 amide bonds. The Morgan fingerprint density at radius 2 is 2.15 bits per heavy atom. The number of nitrogens with zero attached hydrogens (tertiary/aromatic N) is 4. The Kier molecular flexibility index (Phi) is 8.40. The molecule has 9 heteroatoms. The molecule has 0 fully saturated rings. The zero-order valence-electron chi connectivity index (χ0n) is 15.5. The lowest BCUT2D eigenvalue weighted by Crippen LogP contribution is -2.47. The minimum absolute atomic E-state index is 0.309. The number of methoxy groups -OCH3 is 1. The number of carbonyl (C=O) groups is 1. The van der Waals surface area contributed by atoms with Gasteiger partial charge < -0.3 is 10.1 Å². The molecule has 1 heterocycles. The zero-order valence-corrected chi connectivity index (χ0v) is 16.3. The van der Waals surface area contributed by atoms with Gasteiger partial charge in [-0.3, -0.25) is 15.2 Å². The van der Waals surface area contributed by atoms with Crippen LogP contribution in [0.1, 0.15) is 17.7 Å². The van der Waals surface area contributed by atoms with E-state index in [4.69, 9.17) is 17.0 Å². The summed E-state index contributed by atoms with van der Waals surface area (Å²) in [7, 11) is 3.32. The molecule has 2 N–H and O–H groups in total. The zero-order chi connectivity index (χ0) is 19.5. The molecular weight excluding hydrogens is 364 g/mol. The van der Waals surface area contributed by atoms with Crippen molar-refractivity contribution in [2.75, 3.05) is 27.3 Å². The number of hydrazine groups is 1. The smallest absolute Gasteiger partial charge is 0.262 e. The normalized spacial score (nSPS) is 10.7. The quantitative estimate of drug-likeness (QED) is 0.304. The van der Waals surface area contributed by atoms with Gasteiger partial charge in [-0.2, -0.15) is 0 Å². The maximum Gasteiger partial charge on any atom is 0.262 e. The second-order valence-electron chi connectivity index (χ2n) is 5.77. The molecule has 0 atom stereocenters. The number of ether oxygens (including phenoxy) is 1. The molecule has 0 saturated heterocycles. The highest BCUT2D eigenvalue weighted by Crippen LogP contribution is 2.03. The molecule has 1 aromatic carbocycles. The van der Waals surface area contributed by atoms with Crippen molar-refractivity contribution in [2.45, 2.75) is 13.0 Å². The van der Waals surface area contributed by atoms with Gasteiger partial charge in [-0.05, 0) is 30.3 Å². The van der Waals surface area contributed by atoms with Crippen LogP contribution in [0, 0.1) is 0 Å². The van der Waals surface area contributed by atoms with E-state index in [0.717, 1.165) is 12.0 Å². The number of hydrogen-bond donors (Lipinski definition) is 2. The first-order chi connectivity index (χ1) is 13.1. The van der Waals surface area contributed by atoms with E-state index in [9.17, 15) is 4.79 Å². The van der Waals surface area contributed by atoms with Crippen molar-refractivity contribution in [1.29, 1.82) is 0 Å². The molecule has 0 spiro atoms. The summed E-state index contributed by atoms with van der Waals surface area (Å²) in [6.07, 6.45) is 5.60. The third-order valence-corrected chi connectivity index (χ3v) is 3.95. The SMILES string of the molecule is COCCCNC(=S)N(C)NC(=O)/C=C/c1cn(Cc2ccccc2)nn1. The highest BCUT2D eigenvalue weighted by molar-refractivity contribution is 7.80. The summed E-state index contributed by atoms with van der Waals surface area (Å²) in [5.41, 5.74) is 4.38. The number of amides is 1. The minimum atomic E-state index is -0.309. The molecule has 0 bridgehead atoms. The van der Waals surface area contributed by atoms with Gasteiger partial charge in [-0.1, -0.05) is 35.5 Å². The van der Waals surface area contributed by atoms with E-state index < -0.39 is 0 Å². The standard InChI is InChI=1S/C18H24N6O2S/c1-23(18(27)19-11-6-12-26-2)21-17(25)10-9-16-14-24(22-20-16)13-15-7-4-3-5-8-15/h3-5,7-10,14H,6,11-13H2,1-2H3,(H,19,27)(H,21,25)/b10-9+. The molecule has 27 heavy (non-hydrogen) atoms. The number of hydrogen-bond acceptors (Lipinski definition) is 5. The summed E-state index contributed by atoms with van der Waals surface area (Å²) in [6.45, 7) is 1.95. The predicted octanol–water partition coefficient (Wildman–Crippen LogP) is 1.21. The van der Waals surface area contributed by atoms with Crippen LogP contribution in [0.3, 0.4) is 0 Å². The highest BCUT2D eigenvalue weighted by Gasteiger charge is 2.06. The molecule has 0 saturated carbocycles. The Bertz CT molecular complexity index is 762. The molecule has 2 aromatic rings. The van der Waals surface area contributed by atoms with Crippen LogP contribution in [0.4, 0.5) is 0 Å². The van der Waals surface area contributed by atoms with Crippen LogP contribution >= 0.6 is 12.2 Å². The number of aromatic nitrogens is 3. The van der Waals surface area contributed by atoms with Gasteiger partial charge in [0.2, 0.25) is 0 Å². The Balaban J connectivity index is 1.78. The van der Waals surface area contributed by atoms with Gasteiger partial charge in [0.25, 0.3) is 5.91 Å². The van der Waals surface area contributed by atoms with Crippen LogP contribution < -0.4 is 10.7 Å². The Morgan fingerprint density at radius 1 is 1.37 bits per heavy atom. The van der Waals surface area contributed by atoms with E-state index in [0.29, 0.717) is 30.5 Å². The molecule has 0 aliphatic carbocycles. The fourth-order valence-electron chi connectivity index (χ4n) is 2.18. The van der Waals surface area contributed by atoms with E-state index in [2.05, 4.69) is 21.1 Å². The Hall–Kier alpha value is -2.78. The van der Waals surface area contributed by atoms with Crippen molar-refractivity contribution in [3.8, 4) is 0 Å². The van der Waals surface area contributed by atoms with Crippen molar-refractivity contribution < 1.29 is 9.53 Å². The Morgan fingerprint density at radius 3 is 2.89 bits per heavy atom. The predicted molar refractivity (Wildman–Crippen MR) is 108 cm³/mol. The van der Waals surface area contributed by atoms with Crippen LogP contribution in [0.25, 0.3) is 6.08 Å². The summed E-state index contributed by atoms with van der Waals surface area (Å²) in [6, 6.07) is 9.96. The lowest BCUT2D eigenvalue weighted by Gasteiger charge is -2.20. The third-order valence-electron chi connectivity index (χ3n) is 3.53. The van der Waals surface area contributed by atoms with Crippen LogP contribution in [0.5, 0.6) is 0 Å². The van der Waals surface area contributed by atoms with Crippen LogP contribution in [-0.4, -0.2) is 58.3 Å². The molecule has 8 nitrogen and oxygen atoms in total. The topological polar surface area (TPSA) is 84.3 Å². The molecule has 144 valence electrons. The average Bonchev–Trinajstić information content (AvgIpc) is 3.11. The van der Waals surface area contributed by atoms with E-state index in [1.54, 1.807) is 31.1 Å². The van der Waals surface area contributed by atoms with E-state index in [-0.39, 0.29) is 5.91 Å². The molecule has 0 aliphatic rings. The average molecular weight is 388 g/mol. The first-order valence-corrected chi connectivity index (χ1v) is 8.92. The lowest BCUT2D eigenvalue weighted by molar-refractivity contribution is -0.119. The first-order valence-electron chi connectivity index (χ1n) is 8.51.